The van der Waals surface area contributed by atoms with Gasteiger partial charge in [0.2, 0.25) is 11.8 Å². The van der Waals surface area contributed by atoms with E-state index in [1.165, 1.54) is 10.9 Å². The van der Waals surface area contributed by atoms with Gasteiger partial charge in [0.05, 0.1) is 18.4 Å². The maximum Gasteiger partial charge on any atom is 0.249 e. The Hall–Kier alpha value is -2.81. The van der Waals surface area contributed by atoms with Gasteiger partial charge in [-0.05, 0) is 44.5 Å². The molecule has 2 aromatic rings. The first kappa shape index (κ1) is 17.6. The molecular weight excluding hydrogens is 351 g/mol. The fraction of sp³-hybridized carbons (Fsp3) is 0.444. The third-order valence-electron chi connectivity index (χ3n) is 5.33. The zero-order valence-corrected chi connectivity index (χ0v) is 15.0. The lowest BCUT2D eigenvalue weighted by atomic mass is 9.84. The molecule has 0 radical (unpaired) electrons. The number of carbonyl (C=O) groups is 2. The molecule has 1 unspecified atom stereocenters. The Morgan fingerprint density at radius 2 is 2.00 bits per heavy atom. The Balaban J connectivity index is 1.56. The first-order valence-electron chi connectivity index (χ1n) is 8.98. The Bertz CT molecular complexity index is 859. The van der Waals surface area contributed by atoms with Crippen molar-refractivity contribution in [1.29, 1.82) is 0 Å². The van der Waals surface area contributed by atoms with Crippen molar-refractivity contribution < 1.29 is 14.0 Å². The minimum absolute atomic E-state index is 0.0291. The number of halogens is 1. The quantitative estimate of drug-likeness (QED) is 0.821. The molecule has 1 atom stereocenters. The summed E-state index contributed by atoms with van der Waals surface area (Å²) in [5.41, 5.74) is -0.00654. The van der Waals surface area contributed by atoms with E-state index in [0.29, 0.717) is 31.7 Å². The zero-order valence-electron chi connectivity index (χ0n) is 15.0. The van der Waals surface area contributed by atoms with Gasteiger partial charge >= 0.3 is 0 Å². The molecule has 2 N–H and O–H groups in total. The Labute approximate surface area is 155 Å². The average molecular weight is 372 g/mol. The van der Waals surface area contributed by atoms with Crippen LogP contribution in [0.15, 0.2) is 30.7 Å². The Kier molecular flexibility index (Phi) is 4.39. The van der Waals surface area contributed by atoms with Crippen molar-refractivity contribution in [2.45, 2.75) is 31.3 Å². The molecule has 2 amide bonds. The third kappa shape index (κ3) is 3.18. The normalized spacial score (nSPS) is 20.6. The fourth-order valence-electron chi connectivity index (χ4n) is 3.75. The summed E-state index contributed by atoms with van der Waals surface area (Å²) in [4.78, 5) is 31.4. The van der Waals surface area contributed by atoms with Crippen LogP contribution in [0.4, 0.5) is 4.39 Å². The highest BCUT2D eigenvalue weighted by Gasteiger charge is 2.48. The maximum atomic E-state index is 13.2. The number of piperazine rings is 1. The highest BCUT2D eigenvalue weighted by molar-refractivity contribution is 5.98. The second kappa shape index (κ2) is 6.73. The van der Waals surface area contributed by atoms with E-state index in [4.69, 9.17) is 0 Å². The van der Waals surface area contributed by atoms with Gasteiger partial charge in [0, 0.05) is 6.20 Å². The van der Waals surface area contributed by atoms with Crippen LogP contribution in [-0.4, -0.2) is 56.7 Å². The molecule has 2 aliphatic rings. The number of aromatic nitrogens is 3. The standard InChI is InChI=1S/C18H21FN6O2/c1-12(13-2-3-15(21-8-13)25-10-14(19)9-22-25)24-11-16(26)23-18(17(24)27)4-6-20-7-5-18/h2-3,8-10,12,20H,4-7,11H2,1H3,(H,23,26). The van der Waals surface area contributed by atoms with Crippen LogP contribution in [0.3, 0.4) is 0 Å². The molecule has 0 saturated carbocycles. The van der Waals surface area contributed by atoms with Crippen molar-refractivity contribution in [3.63, 3.8) is 0 Å². The largest absolute Gasteiger partial charge is 0.340 e. The van der Waals surface area contributed by atoms with Gasteiger partial charge in [0.15, 0.2) is 11.6 Å². The molecule has 0 aliphatic carbocycles. The van der Waals surface area contributed by atoms with Crippen LogP contribution >= 0.6 is 0 Å². The van der Waals surface area contributed by atoms with Crippen molar-refractivity contribution in [3.05, 3.63) is 42.1 Å². The molecule has 2 fully saturated rings. The molecule has 8 nitrogen and oxygen atoms in total. The average Bonchev–Trinajstić information content (AvgIpc) is 3.11. The van der Waals surface area contributed by atoms with Gasteiger partial charge in [0.25, 0.3) is 0 Å². The highest BCUT2D eigenvalue weighted by atomic mass is 19.1. The topological polar surface area (TPSA) is 92.2 Å². The number of hydrogen-bond donors (Lipinski definition) is 2. The molecule has 4 rings (SSSR count). The summed E-state index contributed by atoms with van der Waals surface area (Å²) in [7, 11) is 0. The molecule has 2 aliphatic heterocycles. The summed E-state index contributed by atoms with van der Waals surface area (Å²) in [6.45, 7) is 3.31. The zero-order chi connectivity index (χ0) is 19.0. The summed E-state index contributed by atoms with van der Waals surface area (Å²) in [5, 5.41) is 10.0. The van der Waals surface area contributed by atoms with Crippen molar-refractivity contribution >= 4 is 11.8 Å². The van der Waals surface area contributed by atoms with Crippen LogP contribution in [-0.2, 0) is 9.59 Å². The molecule has 9 heteroatoms. The SMILES string of the molecule is CC(c1ccc(-n2cc(F)cn2)nc1)N1CC(=O)NC2(CCNCC2)C1=O. The number of nitrogens with zero attached hydrogens (tertiary/aromatic N) is 4. The predicted molar refractivity (Wildman–Crippen MR) is 94.4 cm³/mol. The van der Waals surface area contributed by atoms with Crippen molar-refractivity contribution in [2.24, 2.45) is 0 Å². The lowest BCUT2D eigenvalue weighted by Gasteiger charge is -2.46. The van der Waals surface area contributed by atoms with E-state index >= 15 is 0 Å². The highest BCUT2D eigenvalue weighted by Crippen LogP contribution is 2.30. The number of nitrogens with one attached hydrogen (secondary N) is 2. The van der Waals surface area contributed by atoms with Crippen molar-refractivity contribution in [1.82, 2.24) is 30.3 Å². The summed E-state index contributed by atoms with van der Waals surface area (Å²) in [6.07, 6.45) is 5.16. The van der Waals surface area contributed by atoms with E-state index in [1.807, 2.05) is 13.0 Å². The van der Waals surface area contributed by atoms with E-state index < -0.39 is 11.4 Å². The molecule has 4 heterocycles. The lowest BCUT2D eigenvalue weighted by molar-refractivity contribution is -0.153. The molecule has 2 aromatic heterocycles. The summed E-state index contributed by atoms with van der Waals surface area (Å²) in [6, 6.07) is 3.24. The number of amides is 2. The van der Waals surface area contributed by atoms with E-state index in [9.17, 15) is 14.0 Å². The van der Waals surface area contributed by atoms with Gasteiger partial charge in [-0.3, -0.25) is 9.59 Å². The molecular formula is C18H21FN6O2. The Morgan fingerprint density at radius 3 is 2.63 bits per heavy atom. The lowest BCUT2D eigenvalue weighted by Crippen LogP contribution is -2.69. The maximum absolute atomic E-state index is 13.2. The van der Waals surface area contributed by atoms with Crippen LogP contribution < -0.4 is 10.6 Å². The monoisotopic (exact) mass is 372 g/mol. The summed E-state index contributed by atoms with van der Waals surface area (Å²) in [5.74, 6) is -0.145. The summed E-state index contributed by atoms with van der Waals surface area (Å²) < 4.78 is 14.5. The van der Waals surface area contributed by atoms with Gasteiger partial charge in [-0.15, -0.1) is 0 Å². The van der Waals surface area contributed by atoms with Crippen molar-refractivity contribution in [3.8, 4) is 5.82 Å². The first-order chi connectivity index (χ1) is 13.0. The second-order valence-electron chi connectivity index (χ2n) is 7.04. The number of piperidine rings is 1. The Morgan fingerprint density at radius 1 is 1.22 bits per heavy atom. The number of hydrogen-bond acceptors (Lipinski definition) is 5. The molecule has 142 valence electrons. The molecule has 0 aromatic carbocycles. The van der Waals surface area contributed by atoms with E-state index in [0.717, 1.165) is 11.8 Å². The number of rotatable bonds is 3. The van der Waals surface area contributed by atoms with Gasteiger partial charge in [-0.2, -0.15) is 5.10 Å². The summed E-state index contributed by atoms with van der Waals surface area (Å²) >= 11 is 0. The van der Waals surface area contributed by atoms with Crippen LogP contribution in [0.5, 0.6) is 0 Å². The first-order valence-corrected chi connectivity index (χ1v) is 8.98. The van der Waals surface area contributed by atoms with Crippen LogP contribution in [0.25, 0.3) is 5.82 Å². The molecule has 0 bridgehead atoms. The number of carbonyl (C=O) groups excluding carboxylic acids is 2. The van der Waals surface area contributed by atoms with Gasteiger partial charge < -0.3 is 15.5 Å². The van der Waals surface area contributed by atoms with E-state index in [1.54, 1.807) is 17.2 Å². The van der Waals surface area contributed by atoms with Gasteiger partial charge in [-0.1, -0.05) is 6.07 Å². The molecule has 2 saturated heterocycles. The molecule has 27 heavy (non-hydrogen) atoms. The minimum atomic E-state index is -0.811. The fourth-order valence-corrected chi connectivity index (χ4v) is 3.75. The van der Waals surface area contributed by atoms with Gasteiger partial charge in [0.1, 0.15) is 12.1 Å². The smallest absolute Gasteiger partial charge is 0.249 e. The van der Waals surface area contributed by atoms with Crippen molar-refractivity contribution in [2.75, 3.05) is 19.6 Å². The van der Waals surface area contributed by atoms with E-state index in [-0.39, 0.29) is 24.4 Å². The van der Waals surface area contributed by atoms with Crippen LogP contribution in [0, 0.1) is 5.82 Å². The van der Waals surface area contributed by atoms with Crippen LogP contribution in [0.2, 0.25) is 0 Å². The predicted octanol–water partition coefficient (Wildman–Crippen LogP) is 0.548. The van der Waals surface area contributed by atoms with Crippen LogP contribution in [0.1, 0.15) is 31.4 Å². The van der Waals surface area contributed by atoms with E-state index in [2.05, 4.69) is 20.7 Å². The molecule has 1 spiro atoms. The number of pyridine rings is 1. The second-order valence-corrected chi connectivity index (χ2v) is 7.04. The third-order valence-corrected chi connectivity index (χ3v) is 5.33. The van der Waals surface area contributed by atoms with Gasteiger partial charge in [-0.25, -0.2) is 14.1 Å². The minimum Gasteiger partial charge on any atom is -0.340 e.